The first-order chi connectivity index (χ1) is 9.24. The molecule has 0 radical (unpaired) electrons. The molecular weight excluding hydrogens is 260 g/mol. The fourth-order valence-electron chi connectivity index (χ4n) is 2.18. The van der Waals surface area contributed by atoms with Gasteiger partial charge in [0, 0.05) is 19.1 Å². The Hall–Kier alpha value is -1.30. The zero-order valence-electron chi connectivity index (χ0n) is 12.8. The van der Waals surface area contributed by atoms with Crippen molar-refractivity contribution >= 4 is 12.1 Å². The molecular formula is C14H26N2O4. The fraction of sp³-hybridized carbons (Fsp3) is 0.857. The van der Waals surface area contributed by atoms with Crippen LogP contribution in [0.15, 0.2) is 0 Å². The van der Waals surface area contributed by atoms with Crippen LogP contribution in [0.25, 0.3) is 0 Å². The Morgan fingerprint density at radius 3 is 2.40 bits per heavy atom. The SMILES string of the molecule is CCOC(=O)C1CCN(C(=O)OC(C)(C)C)CCC1N. The van der Waals surface area contributed by atoms with E-state index >= 15 is 0 Å². The molecule has 0 aliphatic carbocycles. The second-order valence-corrected chi connectivity index (χ2v) is 6.07. The maximum absolute atomic E-state index is 12.0. The summed E-state index contributed by atoms with van der Waals surface area (Å²) in [5.74, 6) is -0.617. The summed E-state index contributed by atoms with van der Waals surface area (Å²) in [5, 5.41) is 0. The summed E-state index contributed by atoms with van der Waals surface area (Å²) >= 11 is 0. The molecule has 1 heterocycles. The van der Waals surface area contributed by atoms with Crippen molar-refractivity contribution in [1.82, 2.24) is 4.90 Å². The van der Waals surface area contributed by atoms with Gasteiger partial charge >= 0.3 is 12.1 Å². The van der Waals surface area contributed by atoms with Crippen molar-refractivity contribution in [1.29, 1.82) is 0 Å². The first kappa shape index (κ1) is 16.8. The van der Waals surface area contributed by atoms with Gasteiger partial charge in [0.1, 0.15) is 5.60 Å². The summed E-state index contributed by atoms with van der Waals surface area (Å²) in [4.78, 5) is 25.5. The van der Waals surface area contributed by atoms with Gasteiger partial charge in [0.15, 0.2) is 0 Å². The molecule has 1 saturated heterocycles. The molecule has 0 aromatic heterocycles. The summed E-state index contributed by atoms with van der Waals surface area (Å²) in [6.45, 7) is 8.57. The van der Waals surface area contributed by atoms with Crippen LogP contribution >= 0.6 is 0 Å². The number of ether oxygens (including phenoxy) is 2. The van der Waals surface area contributed by atoms with Crippen molar-refractivity contribution in [3.05, 3.63) is 0 Å². The first-order valence-electron chi connectivity index (χ1n) is 7.14. The predicted octanol–water partition coefficient (Wildman–Crippen LogP) is 1.52. The van der Waals surface area contributed by atoms with Gasteiger partial charge in [-0.1, -0.05) is 0 Å². The van der Waals surface area contributed by atoms with Crippen LogP contribution in [0.5, 0.6) is 0 Å². The highest BCUT2D eigenvalue weighted by Crippen LogP contribution is 2.20. The highest BCUT2D eigenvalue weighted by Gasteiger charge is 2.33. The second kappa shape index (κ2) is 6.92. The molecule has 0 bridgehead atoms. The Kier molecular flexibility index (Phi) is 5.80. The third-order valence-corrected chi connectivity index (χ3v) is 3.20. The van der Waals surface area contributed by atoms with Crippen molar-refractivity contribution < 1.29 is 19.1 Å². The zero-order chi connectivity index (χ0) is 15.3. The van der Waals surface area contributed by atoms with Gasteiger partial charge in [0.25, 0.3) is 0 Å². The maximum atomic E-state index is 12.0. The van der Waals surface area contributed by atoms with Crippen molar-refractivity contribution in [2.24, 2.45) is 11.7 Å². The Bertz CT molecular complexity index is 352. The van der Waals surface area contributed by atoms with Crippen LogP contribution in [0.2, 0.25) is 0 Å². The normalized spacial score (nSPS) is 23.9. The molecule has 0 spiro atoms. The minimum atomic E-state index is -0.522. The summed E-state index contributed by atoms with van der Waals surface area (Å²) in [6.07, 6.45) is 0.733. The molecule has 0 saturated carbocycles. The van der Waals surface area contributed by atoms with Crippen molar-refractivity contribution in [3.63, 3.8) is 0 Å². The van der Waals surface area contributed by atoms with E-state index in [1.54, 1.807) is 11.8 Å². The lowest BCUT2D eigenvalue weighted by Gasteiger charge is -2.26. The Morgan fingerprint density at radius 1 is 1.25 bits per heavy atom. The maximum Gasteiger partial charge on any atom is 0.410 e. The van der Waals surface area contributed by atoms with Crippen molar-refractivity contribution in [2.75, 3.05) is 19.7 Å². The van der Waals surface area contributed by atoms with Crippen LogP contribution in [-0.2, 0) is 14.3 Å². The minimum absolute atomic E-state index is 0.272. The average molecular weight is 286 g/mol. The number of nitrogens with zero attached hydrogens (tertiary/aromatic N) is 1. The molecule has 116 valence electrons. The smallest absolute Gasteiger partial charge is 0.410 e. The van der Waals surface area contributed by atoms with Gasteiger partial charge in [0.05, 0.1) is 12.5 Å². The van der Waals surface area contributed by atoms with E-state index in [0.717, 1.165) is 0 Å². The van der Waals surface area contributed by atoms with Crippen LogP contribution in [0, 0.1) is 5.92 Å². The van der Waals surface area contributed by atoms with Crippen LogP contribution in [0.1, 0.15) is 40.5 Å². The molecule has 1 rings (SSSR count). The van der Waals surface area contributed by atoms with E-state index in [4.69, 9.17) is 15.2 Å². The number of likely N-dealkylation sites (tertiary alicyclic amines) is 1. The number of hydrogen-bond donors (Lipinski definition) is 1. The topological polar surface area (TPSA) is 81.9 Å². The third kappa shape index (κ3) is 5.00. The van der Waals surface area contributed by atoms with Crippen LogP contribution in [-0.4, -0.2) is 48.3 Å². The highest BCUT2D eigenvalue weighted by molar-refractivity contribution is 5.74. The molecule has 2 N–H and O–H groups in total. The van der Waals surface area contributed by atoms with Gasteiger partial charge in [-0.05, 0) is 40.5 Å². The molecule has 1 aliphatic rings. The van der Waals surface area contributed by atoms with Crippen molar-refractivity contribution in [3.8, 4) is 0 Å². The molecule has 1 aliphatic heterocycles. The fourth-order valence-corrected chi connectivity index (χ4v) is 2.18. The van der Waals surface area contributed by atoms with E-state index < -0.39 is 5.60 Å². The lowest BCUT2D eigenvalue weighted by molar-refractivity contribution is -0.148. The molecule has 2 atom stereocenters. The van der Waals surface area contributed by atoms with Gasteiger partial charge in [-0.15, -0.1) is 0 Å². The molecule has 1 fully saturated rings. The van der Waals surface area contributed by atoms with E-state index in [2.05, 4.69) is 0 Å². The minimum Gasteiger partial charge on any atom is -0.466 e. The Labute approximate surface area is 120 Å². The number of hydrogen-bond acceptors (Lipinski definition) is 5. The number of esters is 1. The van der Waals surface area contributed by atoms with Gasteiger partial charge in [0.2, 0.25) is 0 Å². The Balaban J connectivity index is 2.61. The molecule has 6 heteroatoms. The Morgan fingerprint density at radius 2 is 1.85 bits per heavy atom. The average Bonchev–Trinajstić information content (AvgIpc) is 2.49. The van der Waals surface area contributed by atoms with E-state index in [1.165, 1.54) is 0 Å². The molecule has 0 aromatic carbocycles. The van der Waals surface area contributed by atoms with Gasteiger partial charge in [-0.3, -0.25) is 4.79 Å². The van der Waals surface area contributed by atoms with Crippen LogP contribution < -0.4 is 5.73 Å². The first-order valence-corrected chi connectivity index (χ1v) is 7.14. The summed E-state index contributed by atoms with van der Waals surface area (Å²) in [6, 6.07) is -0.276. The van der Waals surface area contributed by atoms with Crippen LogP contribution in [0.3, 0.4) is 0 Å². The monoisotopic (exact) mass is 286 g/mol. The summed E-state index contributed by atoms with van der Waals surface area (Å²) in [7, 11) is 0. The third-order valence-electron chi connectivity index (χ3n) is 3.20. The number of carbonyl (C=O) groups is 2. The van der Waals surface area contributed by atoms with E-state index in [0.29, 0.717) is 32.5 Å². The number of carbonyl (C=O) groups excluding carboxylic acids is 2. The molecule has 0 aromatic rings. The zero-order valence-corrected chi connectivity index (χ0v) is 12.8. The standard InChI is InChI=1S/C14H26N2O4/c1-5-19-12(17)10-6-8-16(9-7-11(10)15)13(18)20-14(2,3)4/h10-11H,5-9,15H2,1-4H3. The molecule has 2 unspecified atom stereocenters. The van der Waals surface area contributed by atoms with Crippen LogP contribution in [0.4, 0.5) is 4.79 Å². The number of nitrogens with two attached hydrogens (primary N) is 1. The molecule has 1 amide bonds. The second-order valence-electron chi connectivity index (χ2n) is 6.07. The highest BCUT2D eigenvalue weighted by atomic mass is 16.6. The molecule has 6 nitrogen and oxygen atoms in total. The van der Waals surface area contributed by atoms with Gasteiger partial charge < -0.3 is 20.1 Å². The summed E-state index contributed by atoms with van der Waals surface area (Å²) in [5.41, 5.74) is 5.50. The van der Waals surface area contributed by atoms with E-state index in [-0.39, 0.29) is 24.0 Å². The lowest BCUT2D eigenvalue weighted by atomic mass is 9.96. The lowest BCUT2D eigenvalue weighted by Crippen LogP contribution is -2.37. The van der Waals surface area contributed by atoms with Crippen molar-refractivity contribution in [2.45, 2.75) is 52.2 Å². The van der Waals surface area contributed by atoms with E-state index in [9.17, 15) is 9.59 Å². The van der Waals surface area contributed by atoms with Gasteiger partial charge in [-0.25, -0.2) is 4.79 Å². The predicted molar refractivity (Wildman–Crippen MR) is 75.1 cm³/mol. The van der Waals surface area contributed by atoms with E-state index in [1.807, 2.05) is 20.8 Å². The summed E-state index contributed by atoms with van der Waals surface area (Å²) < 4.78 is 10.4. The number of rotatable bonds is 2. The largest absolute Gasteiger partial charge is 0.466 e. The number of amides is 1. The van der Waals surface area contributed by atoms with Gasteiger partial charge in [-0.2, -0.15) is 0 Å². The quantitative estimate of drug-likeness (QED) is 0.778. The molecule has 20 heavy (non-hydrogen) atoms.